The van der Waals surface area contributed by atoms with Gasteiger partial charge in [-0.15, -0.1) is 0 Å². The largest absolute Gasteiger partial charge is 0.300 e. The fourth-order valence-electron chi connectivity index (χ4n) is 3.76. The molecule has 78 valence electrons. The summed E-state index contributed by atoms with van der Waals surface area (Å²) in [6.45, 7) is 4.25. The zero-order valence-corrected chi connectivity index (χ0v) is 9.06. The fourth-order valence-corrected chi connectivity index (χ4v) is 3.76. The van der Waals surface area contributed by atoms with Gasteiger partial charge < -0.3 is 0 Å². The van der Waals surface area contributed by atoms with Crippen LogP contribution in [0, 0.1) is 10.8 Å². The fraction of sp³-hybridized carbons (Fsp3) is 0.833. The zero-order valence-electron chi connectivity index (χ0n) is 9.06. The summed E-state index contributed by atoms with van der Waals surface area (Å²) in [4.78, 5) is 23.2. The number of carbonyl (C=O) groups excluding carboxylic acids is 2. The molecule has 2 rings (SSSR count). The minimum Gasteiger partial charge on any atom is -0.300 e. The summed E-state index contributed by atoms with van der Waals surface area (Å²) in [7, 11) is 0. The maximum atomic E-state index is 11.6. The Kier molecular flexibility index (Phi) is 2.06. The van der Waals surface area contributed by atoms with Gasteiger partial charge in [0.25, 0.3) is 0 Å². The molecule has 0 heterocycles. The van der Waals surface area contributed by atoms with Gasteiger partial charge in [-0.2, -0.15) is 0 Å². The van der Waals surface area contributed by atoms with E-state index in [-0.39, 0.29) is 10.8 Å². The van der Waals surface area contributed by atoms with Crippen molar-refractivity contribution in [2.75, 3.05) is 0 Å². The lowest BCUT2D eigenvalue weighted by molar-refractivity contribution is -0.120. The number of carbonyl (C=O) groups is 2. The maximum Gasteiger partial charge on any atom is 0.134 e. The molecule has 2 saturated carbocycles. The molecule has 0 aromatic rings. The highest BCUT2D eigenvalue weighted by atomic mass is 16.1. The second kappa shape index (κ2) is 2.91. The van der Waals surface area contributed by atoms with Crippen molar-refractivity contribution in [1.82, 2.24) is 0 Å². The van der Waals surface area contributed by atoms with Gasteiger partial charge >= 0.3 is 0 Å². The molecule has 2 nitrogen and oxygen atoms in total. The molecule has 2 aliphatic rings. The first-order valence-corrected chi connectivity index (χ1v) is 5.61. The molecule has 0 aromatic heterocycles. The number of rotatable bonds is 2. The minimum absolute atomic E-state index is 0.0376. The molecule has 0 aliphatic heterocycles. The van der Waals surface area contributed by atoms with E-state index in [9.17, 15) is 9.59 Å². The Morgan fingerprint density at radius 2 is 1.14 bits per heavy atom. The summed E-state index contributed by atoms with van der Waals surface area (Å²) < 4.78 is 0. The predicted octanol–water partition coefficient (Wildman–Crippen LogP) is 2.51. The van der Waals surface area contributed by atoms with Gasteiger partial charge in [-0.25, -0.2) is 0 Å². The molecule has 2 fully saturated rings. The van der Waals surface area contributed by atoms with E-state index in [1.54, 1.807) is 0 Å². The standard InChI is InChI=1S/C12H18O2/c1-3-11-5-9(13)7-12(11,4-2)8-10(14)6-11/h3-8H2,1-2H3. The van der Waals surface area contributed by atoms with Crippen LogP contribution in [0.25, 0.3) is 0 Å². The van der Waals surface area contributed by atoms with E-state index in [1.165, 1.54) is 0 Å². The van der Waals surface area contributed by atoms with Crippen LogP contribution >= 0.6 is 0 Å². The number of hydrogen-bond donors (Lipinski definition) is 0. The third-order valence-corrected chi connectivity index (χ3v) is 4.62. The molecule has 0 spiro atoms. The van der Waals surface area contributed by atoms with E-state index < -0.39 is 0 Å². The first-order chi connectivity index (χ1) is 6.57. The predicted molar refractivity (Wildman–Crippen MR) is 53.9 cm³/mol. The maximum absolute atomic E-state index is 11.6. The van der Waals surface area contributed by atoms with Crippen molar-refractivity contribution >= 4 is 11.6 Å². The van der Waals surface area contributed by atoms with Crippen LogP contribution in [0.2, 0.25) is 0 Å². The van der Waals surface area contributed by atoms with Crippen LogP contribution in [0.5, 0.6) is 0 Å². The molecule has 2 aliphatic carbocycles. The average molecular weight is 194 g/mol. The van der Waals surface area contributed by atoms with Crippen LogP contribution in [-0.2, 0) is 9.59 Å². The third kappa shape index (κ3) is 1.03. The van der Waals surface area contributed by atoms with Gasteiger partial charge in [0.15, 0.2) is 0 Å². The van der Waals surface area contributed by atoms with Crippen molar-refractivity contribution in [3.05, 3.63) is 0 Å². The first-order valence-electron chi connectivity index (χ1n) is 5.61. The quantitative estimate of drug-likeness (QED) is 0.676. The molecule has 0 aromatic carbocycles. The molecule has 0 radical (unpaired) electrons. The van der Waals surface area contributed by atoms with Gasteiger partial charge in [-0.05, 0) is 23.7 Å². The van der Waals surface area contributed by atoms with Crippen LogP contribution in [0.3, 0.4) is 0 Å². The van der Waals surface area contributed by atoms with E-state index >= 15 is 0 Å². The van der Waals surface area contributed by atoms with Crippen molar-refractivity contribution in [1.29, 1.82) is 0 Å². The zero-order chi connectivity index (χ0) is 10.4. The molecule has 0 bridgehead atoms. The molecule has 14 heavy (non-hydrogen) atoms. The van der Waals surface area contributed by atoms with Gasteiger partial charge in [-0.3, -0.25) is 9.59 Å². The van der Waals surface area contributed by atoms with Gasteiger partial charge in [0.2, 0.25) is 0 Å². The molecule has 0 atom stereocenters. The third-order valence-electron chi connectivity index (χ3n) is 4.62. The lowest BCUT2D eigenvalue weighted by Gasteiger charge is -2.37. The van der Waals surface area contributed by atoms with Crippen LogP contribution in [-0.4, -0.2) is 11.6 Å². The number of ketones is 2. The highest BCUT2D eigenvalue weighted by Gasteiger charge is 2.61. The minimum atomic E-state index is 0.0376. The first kappa shape index (κ1) is 9.88. The summed E-state index contributed by atoms with van der Waals surface area (Å²) in [6.07, 6.45) is 4.59. The van der Waals surface area contributed by atoms with E-state index in [0.717, 1.165) is 12.8 Å². The molecular weight excluding hydrogens is 176 g/mol. The van der Waals surface area contributed by atoms with Gasteiger partial charge in [0.1, 0.15) is 11.6 Å². The van der Waals surface area contributed by atoms with Gasteiger partial charge in [0, 0.05) is 25.7 Å². The van der Waals surface area contributed by atoms with Crippen molar-refractivity contribution in [3.8, 4) is 0 Å². The summed E-state index contributed by atoms with van der Waals surface area (Å²) in [5.41, 5.74) is 0.0752. The highest BCUT2D eigenvalue weighted by molar-refractivity contribution is 5.91. The van der Waals surface area contributed by atoms with E-state index in [0.29, 0.717) is 37.2 Å². The lowest BCUT2D eigenvalue weighted by Crippen LogP contribution is -2.30. The second-order valence-electron chi connectivity index (χ2n) is 5.05. The van der Waals surface area contributed by atoms with Crippen molar-refractivity contribution in [2.24, 2.45) is 10.8 Å². The average Bonchev–Trinajstić information content (AvgIpc) is 2.52. The topological polar surface area (TPSA) is 34.1 Å². The van der Waals surface area contributed by atoms with Crippen LogP contribution in [0.15, 0.2) is 0 Å². The van der Waals surface area contributed by atoms with Crippen LogP contribution in [0.1, 0.15) is 52.4 Å². The molecule has 0 amide bonds. The van der Waals surface area contributed by atoms with Crippen molar-refractivity contribution < 1.29 is 9.59 Å². The Hall–Kier alpha value is -0.660. The lowest BCUT2D eigenvalue weighted by atomic mass is 9.65. The molecule has 2 heteroatoms. The van der Waals surface area contributed by atoms with E-state index in [4.69, 9.17) is 0 Å². The van der Waals surface area contributed by atoms with Gasteiger partial charge in [0.05, 0.1) is 0 Å². The van der Waals surface area contributed by atoms with E-state index in [1.807, 2.05) is 0 Å². The van der Waals surface area contributed by atoms with Crippen molar-refractivity contribution in [3.63, 3.8) is 0 Å². The monoisotopic (exact) mass is 194 g/mol. The Bertz CT molecular complexity index is 245. The Morgan fingerprint density at radius 3 is 1.36 bits per heavy atom. The molecule has 0 unspecified atom stereocenters. The summed E-state index contributed by atoms with van der Waals surface area (Å²) in [6, 6.07) is 0. The summed E-state index contributed by atoms with van der Waals surface area (Å²) in [5, 5.41) is 0. The van der Waals surface area contributed by atoms with Gasteiger partial charge in [-0.1, -0.05) is 13.8 Å². The Morgan fingerprint density at radius 1 is 0.857 bits per heavy atom. The summed E-state index contributed by atoms with van der Waals surface area (Å²) >= 11 is 0. The normalized spacial score (nSPS) is 41.9. The van der Waals surface area contributed by atoms with E-state index in [2.05, 4.69) is 13.8 Å². The Balaban J connectivity index is 2.42. The SMILES string of the molecule is CCC12CC(=O)CC1(CC)CC(=O)C2. The number of Topliss-reactive ketones (excluding diaryl/α,β-unsaturated/α-hetero) is 2. The molecule has 0 N–H and O–H groups in total. The van der Waals surface area contributed by atoms with Crippen molar-refractivity contribution in [2.45, 2.75) is 52.4 Å². The second-order valence-corrected chi connectivity index (χ2v) is 5.05. The number of fused-ring (bicyclic) bond motifs is 1. The summed E-state index contributed by atoms with van der Waals surface area (Å²) in [5.74, 6) is 0.752. The highest BCUT2D eigenvalue weighted by Crippen LogP contribution is 2.63. The van der Waals surface area contributed by atoms with Crippen LogP contribution < -0.4 is 0 Å². The molecular formula is C12H18O2. The smallest absolute Gasteiger partial charge is 0.134 e. The molecule has 0 saturated heterocycles. The van der Waals surface area contributed by atoms with Crippen LogP contribution in [0.4, 0.5) is 0 Å². The Labute approximate surface area is 85.1 Å². The number of hydrogen-bond acceptors (Lipinski definition) is 2.